The monoisotopic (exact) mass is 280 g/mol. The Labute approximate surface area is 106 Å². The SMILES string of the molecule is C#CCON=C(C(=O)Cl)c1nsc(N)n1.Cl. The molecule has 0 aliphatic carbocycles. The third-order valence-electron chi connectivity index (χ3n) is 1.14. The number of terminal acetylenes is 1. The van der Waals surface area contributed by atoms with E-state index in [1.165, 1.54) is 0 Å². The first-order chi connectivity index (χ1) is 7.15. The van der Waals surface area contributed by atoms with Crippen molar-refractivity contribution in [2.45, 2.75) is 0 Å². The number of nitrogens with zero attached hydrogens (tertiary/aromatic N) is 3. The molecule has 0 bridgehead atoms. The number of hydrogen-bond donors (Lipinski definition) is 1. The molecule has 0 amide bonds. The maximum Gasteiger partial charge on any atom is 0.278 e. The lowest BCUT2D eigenvalue weighted by Crippen LogP contribution is -2.12. The number of nitrogen functional groups attached to an aromatic ring is 1. The fourth-order valence-electron chi connectivity index (χ4n) is 0.630. The van der Waals surface area contributed by atoms with Gasteiger partial charge in [0.25, 0.3) is 5.24 Å². The Hall–Kier alpha value is -1.36. The summed E-state index contributed by atoms with van der Waals surface area (Å²) in [7, 11) is 0. The third-order valence-corrected chi connectivity index (χ3v) is 1.87. The number of aromatic nitrogens is 2. The molecule has 1 rings (SSSR count). The first-order valence-corrected chi connectivity index (χ1v) is 4.73. The van der Waals surface area contributed by atoms with Gasteiger partial charge in [0.2, 0.25) is 11.5 Å². The topological polar surface area (TPSA) is 90.5 Å². The average molecular weight is 281 g/mol. The summed E-state index contributed by atoms with van der Waals surface area (Å²) in [5.74, 6) is 2.19. The van der Waals surface area contributed by atoms with Gasteiger partial charge in [-0.25, -0.2) is 0 Å². The lowest BCUT2D eigenvalue weighted by Gasteiger charge is -1.95. The Morgan fingerprint density at radius 1 is 1.75 bits per heavy atom. The second kappa shape index (κ2) is 7.00. The molecule has 0 saturated carbocycles. The van der Waals surface area contributed by atoms with E-state index < -0.39 is 5.24 Å². The van der Waals surface area contributed by atoms with Crippen LogP contribution in [-0.4, -0.2) is 26.9 Å². The molecule has 0 fully saturated rings. The summed E-state index contributed by atoms with van der Waals surface area (Å²) in [6.45, 7) is -0.0761. The molecule has 9 heteroatoms. The van der Waals surface area contributed by atoms with E-state index in [9.17, 15) is 4.79 Å². The van der Waals surface area contributed by atoms with E-state index in [1.807, 2.05) is 0 Å². The fraction of sp³-hybridized carbons (Fsp3) is 0.143. The van der Waals surface area contributed by atoms with Gasteiger partial charge in [-0.2, -0.15) is 9.36 Å². The second-order valence-corrected chi connectivity index (χ2v) is 3.27. The van der Waals surface area contributed by atoms with Gasteiger partial charge in [-0.3, -0.25) is 4.79 Å². The van der Waals surface area contributed by atoms with Crippen LogP contribution in [0.15, 0.2) is 5.16 Å². The first-order valence-electron chi connectivity index (χ1n) is 3.58. The number of nitrogens with two attached hydrogens (primary N) is 1. The Morgan fingerprint density at radius 3 is 2.88 bits per heavy atom. The smallest absolute Gasteiger partial charge is 0.278 e. The van der Waals surface area contributed by atoms with Crippen molar-refractivity contribution in [3.8, 4) is 12.3 Å². The summed E-state index contributed by atoms with van der Waals surface area (Å²) in [5, 5.41) is 2.77. The maximum atomic E-state index is 10.9. The van der Waals surface area contributed by atoms with Gasteiger partial charge in [0.15, 0.2) is 11.7 Å². The quantitative estimate of drug-likeness (QED) is 0.288. The summed E-state index contributed by atoms with van der Waals surface area (Å²) in [5.41, 5.74) is 5.11. The normalized spacial score (nSPS) is 10.1. The molecule has 86 valence electrons. The highest BCUT2D eigenvalue weighted by Gasteiger charge is 2.17. The van der Waals surface area contributed by atoms with Gasteiger partial charge in [0.1, 0.15) is 0 Å². The number of oxime groups is 1. The number of rotatable bonds is 4. The van der Waals surface area contributed by atoms with Gasteiger partial charge in [-0.15, -0.1) is 18.8 Å². The zero-order chi connectivity index (χ0) is 11.3. The van der Waals surface area contributed by atoms with E-state index in [4.69, 9.17) is 23.8 Å². The van der Waals surface area contributed by atoms with Gasteiger partial charge in [-0.05, 0) is 11.6 Å². The number of carbonyl (C=O) groups excluding carboxylic acids is 1. The van der Waals surface area contributed by atoms with Crippen LogP contribution in [0.3, 0.4) is 0 Å². The molecule has 2 N–H and O–H groups in total. The largest absolute Gasteiger partial charge is 0.382 e. The van der Waals surface area contributed by atoms with Crippen LogP contribution < -0.4 is 5.73 Å². The van der Waals surface area contributed by atoms with Crippen molar-refractivity contribution in [3.05, 3.63) is 5.82 Å². The van der Waals surface area contributed by atoms with E-state index >= 15 is 0 Å². The molecule has 6 nitrogen and oxygen atoms in total. The second-order valence-electron chi connectivity index (χ2n) is 2.15. The minimum atomic E-state index is -0.843. The van der Waals surface area contributed by atoms with Crippen molar-refractivity contribution in [2.24, 2.45) is 5.16 Å². The predicted molar refractivity (Wildman–Crippen MR) is 63.8 cm³/mol. The predicted octanol–water partition coefficient (Wildman–Crippen LogP) is 0.661. The Morgan fingerprint density at radius 2 is 2.44 bits per heavy atom. The molecule has 0 spiro atoms. The van der Waals surface area contributed by atoms with Gasteiger partial charge in [0.05, 0.1) is 0 Å². The van der Waals surface area contributed by atoms with Gasteiger partial charge < -0.3 is 10.6 Å². The summed E-state index contributed by atoms with van der Waals surface area (Å²) in [4.78, 5) is 19.3. The Bertz CT molecular complexity index is 440. The molecule has 0 aromatic carbocycles. The molecule has 16 heavy (non-hydrogen) atoms. The van der Waals surface area contributed by atoms with Gasteiger partial charge in [-0.1, -0.05) is 11.1 Å². The molecule has 1 aromatic rings. The van der Waals surface area contributed by atoms with E-state index in [0.717, 1.165) is 11.5 Å². The third kappa shape index (κ3) is 4.02. The lowest BCUT2D eigenvalue weighted by molar-refractivity contribution is -0.106. The van der Waals surface area contributed by atoms with Crippen LogP contribution >= 0.6 is 35.5 Å². The van der Waals surface area contributed by atoms with Crippen LogP contribution in [0, 0.1) is 12.3 Å². The number of anilines is 1. The van der Waals surface area contributed by atoms with Crippen molar-refractivity contribution in [1.29, 1.82) is 0 Å². The molecule has 0 radical (unpaired) electrons. The summed E-state index contributed by atoms with van der Waals surface area (Å²) < 4.78 is 3.75. The van der Waals surface area contributed by atoms with Crippen molar-refractivity contribution < 1.29 is 9.63 Å². The average Bonchev–Trinajstić information content (AvgIpc) is 2.59. The van der Waals surface area contributed by atoms with Crippen LogP contribution in [0.5, 0.6) is 0 Å². The van der Waals surface area contributed by atoms with Crippen LogP contribution in [0.2, 0.25) is 0 Å². The Balaban J connectivity index is 0.00000225. The molecule has 1 aromatic heterocycles. The standard InChI is InChI=1S/C7H5ClN4O2S.ClH/c1-2-3-14-11-4(5(8)13)6-10-7(9)15-12-6;/h1H,3H2,(H2,9,10,12);1H. The lowest BCUT2D eigenvalue weighted by atomic mass is 10.4. The van der Waals surface area contributed by atoms with Crippen molar-refractivity contribution >= 4 is 51.6 Å². The zero-order valence-electron chi connectivity index (χ0n) is 7.71. The van der Waals surface area contributed by atoms with Crippen LogP contribution in [0.25, 0.3) is 0 Å². The summed E-state index contributed by atoms with van der Waals surface area (Å²) in [6, 6.07) is 0. The van der Waals surface area contributed by atoms with Crippen molar-refractivity contribution in [2.75, 3.05) is 12.3 Å². The molecule has 0 unspecified atom stereocenters. The van der Waals surface area contributed by atoms with Crippen molar-refractivity contribution in [3.63, 3.8) is 0 Å². The summed E-state index contributed by atoms with van der Waals surface area (Å²) in [6.07, 6.45) is 4.92. The molecule has 0 aliphatic heterocycles. The highest BCUT2D eigenvalue weighted by Crippen LogP contribution is 2.08. The first kappa shape index (κ1) is 14.6. The summed E-state index contributed by atoms with van der Waals surface area (Å²) >= 11 is 6.17. The molecular weight excluding hydrogens is 275 g/mol. The number of carbonyl (C=O) groups is 1. The van der Waals surface area contributed by atoms with E-state index in [1.54, 1.807) is 0 Å². The fourth-order valence-corrected chi connectivity index (χ4v) is 1.18. The van der Waals surface area contributed by atoms with E-state index in [2.05, 4.69) is 25.3 Å². The highest BCUT2D eigenvalue weighted by molar-refractivity contribution is 7.09. The highest BCUT2D eigenvalue weighted by atomic mass is 35.5. The maximum absolute atomic E-state index is 10.9. The van der Waals surface area contributed by atoms with Crippen LogP contribution in [0.1, 0.15) is 5.82 Å². The van der Waals surface area contributed by atoms with E-state index in [-0.39, 0.29) is 35.7 Å². The molecule has 1 heterocycles. The minimum absolute atomic E-state index is 0. The zero-order valence-corrected chi connectivity index (χ0v) is 10.1. The number of halogens is 2. The van der Waals surface area contributed by atoms with Gasteiger partial charge in [0, 0.05) is 11.5 Å². The Kier molecular flexibility index (Phi) is 6.41. The van der Waals surface area contributed by atoms with Crippen molar-refractivity contribution in [1.82, 2.24) is 9.36 Å². The number of hydrogen-bond acceptors (Lipinski definition) is 7. The van der Waals surface area contributed by atoms with Crippen LogP contribution in [-0.2, 0) is 9.63 Å². The molecule has 0 saturated heterocycles. The minimum Gasteiger partial charge on any atom is -0.382 e. The van der Waals surface area contributed by atoms with Crippen LogP contribution in [0.4, 0.5) is 5.13 Å². The van der Waals surface area contributed by atoms with Gasteiger partial charge >= 0.3 is 0 Å². The molecular formula is C7H6Cl2N4O2S. The van der Waals surface area contributed by atoms with E-state index in [0.29, 0.717) is 0 Å². The molecule has 0 aliphatic rings. The molecule has 0 atom stereocenters.